The lowest BCUT2D eigenvalue weighted by molar-refractivity contribution is 0.242. The molecule has 0 bridgehead atoms. The van der Waals surface area contributed by atoms with Crippen LogP contribution in [0.5, 0.6) is 0 Å². The standard InChI is InChI=1S/C27H33N.ClH/c1-2-3-19-26(20-23-13-7-4-8-14-23)27(28,21-24-15-9-5-10-16-24)22-25-17-11-6-12-18-25;/h4-18,26H,2-3,19-22,28H2,1H3;1H. The zero-order chi connectivity index (χ0) is 19.7. The van der Waals surface area contributed by atoms with Crippen molar-refractivity contribution in [3.8, 4) is 0 Å². The molecule has 0 aliphatic carbocycles. The van der Waals surface area contributed by atoms with E-state index >= 15 is 0 Å². The van der Waals surface area contributed by atoms with Crippen molar-refractivity contribution >= 4 is 12.4 Å². The predicted octanol–water partition coefficient (Wildman–Crippen LogP) is 6.64. The lowest BCUT2D eigenvalue weighted by Crippen LogP contribution is -2.52. The van der Waals surface area contributed by atoms with E-state index in [1.165, 1.54) is 36.0 Å². The lowest BCUT2D eigenvalue weighted by atomic mass is 9.71. The number of hydrogen-bond donors (Lipinski definition) is 1. The van der Waals surface area contributed by atoms with Gasteiger partial charge in [-0.15, -0.1) is 12.4 Å². The Bertz CT molecular complexity index is 760. The van der Waals surface area contributed by atoms with Crippen molar-refractivity contribution in [3.05, 3.63) is 108 Å². The average molecular weight is 408 g/mol. The summed E-state index contributed by atoms with van der Waals surface area (Å²) >= 11 is 0. The number of hydrogen-bond acceptors (Lipinski definition) is 1. The van der Waals surface area contributed by atoms with Gasteiger partial charge in [-0.1, -0.05) is 111 Å². The maximum Gasteiger partial charge on any atom is 0.0267 e. The molecule has 0 fully saturated rings. The molecule has 3 rings (SSSR count). The minimum Gasteiger partial charge on any atom is -0.324 e. The van der Waals surface area contributed by atoms with Gasteiger partial charge in [0, 0.05) is 5.54 Å². The van der Waals surface area contributed by atoms with Crippen molar-refractivity contribution < 1.29 is 0 Å². The Morgan fingerprint density at radius 1 is 0.690 bits per heavy atom. The fourth-order valence-corrected chi connectivity index (χ4v) is 4.24. The number of nitrogens with two attached hydrogens (primary N) is 1. The first-order valence-electron chi connectivity index (χ1n) is 10.6. The molecule has 29 heavy (non-hydrogen) atoms. The highest BCUT2D eigenvalue weighted by Gasteiger charge is 2.35. The number of benzene rings is 3. The lowest BCUT2D eigenvalue weighted by Gasteiger charge is -2.39. The summed E-state index contributed by atoms with van der Waals surface area (Å²) < 4.78 is 0. The number of halogens is 1. The molecular formula is C27H34ClN. The van der Waals surface area contributed by atoms with Crippen LogP contribution in [-0.4, -0.2) is 5.54 Å². The minimum atomic E-state index is -0.270. The normalized spacial score (nSPS) is 12.2. The summed E-state index contributed by atoms with van der Waals surface area (Å²) in [6.45, 7) is 2.27. The van der Waals surface area contributed by atoms with Crippen molar-refractivity contribution in [1.29, 1.82) is 0 Å². The predicted molar refractivity (Wildman–Crippen MR) is 128 cm³/mol. The first kappa shape index (κ1) is 23.2. The van der Waals surface area contributed by atoms with E-state index in [0.717, 1.165) is 19.3 Å². The quantitative estimate of drug-likeness (QED) is 0.400. The van der Waals surface area contributed by atoms with Crippen LogP contribution in [0.4, 0.5) is 0 Å². The molecule has 2 N–H and O–H groups in total. The van der Waals surface area contributed by atoms with Gasteiger partial charge in [0.1, 0.15) is 0 Å². The smallest absolute Gasteiger partial charge is 0.0267 e. The molecular weight excluding hydrogens is 374 g/mol. The van der Waals surface area contributed by atoms with Crippen molar-refractivity contribution in [2.45, 2.75) is 51.0 Å². The molecule has 0 heterocycles. The summed E-state index contributed by atoms with van der Waals surface area (Å²) in [5.74, 6) is 0.440. The van der Waals surface area contributed by atoms with Gasteiger partial charge in [-0.05, 0) is 48.3 Å². The molecule has 0 radical (unpaired) electrons. The number of rotatable bonds is 10. The molecule has 0 saturated carbocycles. The molecule has 2 heteroatoms. The van der Waals surface area contributed by atoms with Gasteiger partial charge < -0.3 is 5.73 Å². The van der Waals surface area contributed by atoms with Crippen LogP contribution in [-0.2, 0) is 19.3 Å². The Morgan fingerprint density at radius 3 is 1.52 bits per heavy atom. The average Bonchev–Trinajstić information content (AvgIpc) is 2.73. The third-order valence-electron chi connectivity index (χ3n) is 5.80. The Labute approximate surface area is 182 Å². The van der Waals surface area contributed by atoms with Crippen LogP contribution in [0.2, 0.25) is 0 Å². The minimum absolute atomic E-state index is 0. The monoisotopic (exact) mass is 407 g/mol. The highest BCUT2D eigenvalue weighted by Crippen LogP contribution is 2.31. The second-order valence-corrected chi connectivity index (χ2v) is 8.09. The topological polar surface area (TPSA) is 26.0 Å². The molecule has 3 aromatic carbocycles. The van der Waals surface area contributed by atoms with Gasteiger partial charge in [-0.2, -0.15) is 0 Å². The van der Waals surface area contributed by atoms with Crippen LogP contribution < -0.4 is 5.73 Å². The van der Waals surface area contributed by atoms with E-state index in [1.807, 2.05) is 0 Å². The van der Waals surface area contributed by atoms with E-state index in [0.29, 0.717) is 5.92 Å². The summed E-state index contributed by atoms with van der Waals surface area (Å²) in [6.07, 6.45) is 6.45. The molecule has 0 saturated heterocycles. The summed E-state index contributed by atoms with van der Waals surface area (Å²) in [6, 6.07) is 32.4. The van der Waals surface area contributed by atoms with E-state index in [1.54, 1.807) is 0 Å². The fourth-order valence-electron chi connectivity index (χ4n) is 4.24. The first-order valence-corrected chi connectivity index (χ1v) is 10.6. The molecule has 3 aromatic rings. The van der Waals surface area contributed by atoms with E-state index in [9.17, 15) is 0 Å². The van der Waals surface area contributed by atoms with Gasteiger partial charge in [0.05, 0.1) is 0 Å². The Morgan fingerprint density at radius 2 is 1.10 bits per heavy atom. The summed E-state index contributed by atoms with van der Waals surface area (Å²) in [7, 11) is 0. The molecule has 154 valence electrons. The van der Waals surface area contributed by atoms with Gasteiger partial charge in [-0.3, -0.25) is 0 Å². The highest BCUT2D eigenvalue weighted by molar-refractivity contribution is 5.85. The SMILES string of the molecule is CCCCC(Cc1ccccc1)C(N)(Cc1ccccc1)Cc1ccccc1.Cl. The van der Waals surface area contributed by atoms with Gasteiger partial charge in [0.25, 0.3) is 0 Å². The first-order chi connectivity index (χ1) is 13.7. The van der Waals surface area contributed by atoms with Crippen molar-refractivity contribution in [2.75, 3.05) is 0 Å². The zero-order valence-electron chi connectivity index (χ0n) is 17.5. The van der Waals surface area contributed by atoms with E-state index in [2.05, 4.69) is 97.9 Å². The molecule has 0 aromatic heterocycles. The Hall–Kier alpha value is -2.09. The Kier molecular flexibility index (Phi) is 9.44. The van der Waals surface area contributed by atoms with Gasteiger partial charge in [0.15, 0.2) is 0 Å². The van der Waals surface area contributed by atoms with Gasteiger partial charge in [0.2, 0.25) is 0 Å². The third kappa shape index (κ3) is 7.03. The molecule has 1 unspecified atom stereocenters. The molecule has 1 atom stereocenters. The van der Waals surface area contributed by atoms with Gasteiger partial charge >= 0.3 is 0 Å². The molecule has 0 aliphatic heterocycles. The van der Waals surface area contributed by atoms with E-state index in [4.69, 9.17) is 5.73 Å². The zero-order valence-corrected chi connectivity index (χ0v) is 18.3. The van der Waals surface area contributed by atoms with Crippen molar-refractivity contribution in [3.63, 3.8) is 0 Å². The summed E-state index contributed by atoms with van der Waals surface area (Å²) in [5.41, 5.74) is 11.1. The summed E-state index contributed by atoms with van der Waals surface area (Å²) in [4.78, 5) is 0. The highest BCUT2D eigenvalue weighted by atomic mass is 35.5. The Balaban J connectivity index is 0.00000300. The molecule has 1 nitrogen and oxygen atoms in total. The summed E-state index contributed by atoms with van der Waals surface area (Å²) in [5, 5.41) is 0. The van der Waals surface area contributed by atoms with E-state index in [-0.39, 0.29) is 17.9 Å². The van der Waals surface area contributed by atoms with Gasteiger partial charge in [-0.25, -0.2) is 0 Å². The van der Waals surface area contributed by atoms with E-state index < -0.39 is 0 Å². The van der Waals surface area contributed by atoms with Crippen molar-refractivity contribution in [2.24, 2.45) is 11.7 Å². The number of unbranched alkanes of at least 4 members (excludes halogenated alkanes) is 1. The van der Waals surface area contributed by atoms with Crippen LogP contribution in [0, 0.1) is 5.92 Å². The third-order valence-corrected chi connectivity index (χ3v) is 5.80. The van der Waals surface area contributed by atoms with Crippen LogP contribution in [0.25, 0.3) is 0 Å². The van der Waals surface area contributed by atoms with Crippen LogP contribution in [0.3, 0.4) is 0 Å². The van der Waals surface area contributed by atoms with Crippen LogP contribution >= 0.6 is 12.4 Å². The fraction of sp³-hybridized carbons (Fsp3) is 0.333. The molecule has 0 amide bonds. The second kappa shape index (κ2) is 11.8. The largest absolute Gasteiger partial charge is 0.324 e. The maximum absolute atomic E-state index is 7.29. The van der Waals surface area contributed by atoms with Crippen LogP contribution in [0.1, 0.15) is 42.9 Å². The maximum atomic E-state index is 7.29. The molecule has 0 spiro atoms. The molecule has 0 aliphatic rings. The second-order valence-electron chi connectivity index (χ2n) is 8.09. The van der Waals surface area contributed by atoms with Crippen molar-refractivity contribution in [1.82, 2.24) is 0 Å². The van der Waals surface area contributed by atoms with Crippen LogP contribution in [0.15, 0.2) is 91.0 Å².